The van der Waals surface area contributed by atoms with Crippen molar-refractivity contribution in [3.05, 3.63) is 58.8 Å². The highest BCUT2D eigenvalue weighted by Crippen LogP contribution is 2.46. The highest BCUT2D eigenvalue weighted by Gasteiger charge is 2.43. The number of benzene rings is 2. The van der Waals surface area contributed by atoms with Gasteiger partial charge in [-0.3, -0.25) is 9.59 Å². The Hall–Kier alpha value is -3.08. The number of fused-ring (bicyclic) bond motifs is 3. The number of Topliss-reactive ketones (excluding diaryl/α,β-unsaturated/α-hetero) is 1. The summed E-state index contributed by atoms with van der Waals surface area (Å²) in [6, 6.07) is 11.2. The van der Waals surface area contributed by atoms with E-state index in [1.54, 1.807) is 0 Å². The number of carbonyl (C=O) groups excluding carboxylic acids is 2. The van der Waals surface area contributed by atoms with Crippen LogP contribution < -0.4 is 10.1 Å². The molecule has 1 aromatic heterocycles. The van der Waals surface area contributed by atoms with Crippen LogP contribution in [0.25, 0.3) is 11.0 Å². The molecule has 1 spiro atoms. The molecule has 1 N–H and O–H groups in total. The lowest BCUT2D eigenvalue weighted by molar-refractivity contribution is 0.00430. The molecular weight excluding hydrogens is 390 g/mol. The monoisotopic (exact) mass is 417 g/mol. The first kappa shape index (κ1) is 19.9. The van der Waals surface area contributed by atoms with Gasteiger partial charge in [0, 0.05) is 16.6 Å². The number of rotatable bonds is 2. The summed E-state index contributed by atoms with van der Waals surface area (Å²) >= 11 is 0. The molecule has 31 heavy (non-hydrogen) atoms. The van der Waals surface area contributed by atoms with Crippen LogP contribution in [-0.4, -0.2) is 17.3 Å². The number of furan rings is 1. The second-order valence-electron chi connectivity index (χ2n) is 9.20. The van der Waals surface area contributed by atoms with Gasteiger partial charge in [0.25, 0.3) is 5.91 Å². The van der Waals surface area contributed by atoms with Crippen LogP contribution in [0.4, 0.5) is 5.69 Å². The zero-order valence-corrected chi connectivity index (χ0v) is 18.2. The molecule has 0 saturated heterocycles. The first-order valence-corrected chi connectivity index (χ1v) is 11.0. The van der Waals surface area contributed by atoms with Crippen molar-refractivity contribution in [3.8, 4) is 5.75 Å². The summed E-state index contributed by atoms with van der Waals surface area (Å²) in [4.78, 5) is 26.3. The van der Waals surface area contributed by atoms with Crippen molar-refractivity contribution < 1.29 is 18.7 Å². The van der Waals surface area contributed by atoms with Gasteiger partial charge in [0.15, 0.2) is 11.5 Å². The third-order valence-corrected chi connectivity index (χ3v) is 6.93. The molecule has 0 unspecified atom stereocenters. The zero-order valence-electron chi connectivity index (χ0n) is 18.2. The zero-order chi connectivity index (χ0) is 21.8. The molecule has 1 fully saturated rings. The van der Waals surface area contributed by atoms with Crippen molar-refractivity contribution in [1.29, 1.82) is 0 Å². The van der Waals surface area contributed by atoms with E-state index >= 15 is 0 Å². The maximum absolute atomic E-state index is 13.3. The Balaban J connectivity index is 1.52. The number of para-hydroxylation sites is 1. The molecule has 5 heteroatoms. The van der Waals surface area contributed by atoms with Crippen LogP contribution in [0.2, 0.25) is 0 Å². The highest BCUT2D eigenvalue weighted by atomic mass is 16.5. The van der Waals surface area contributed by atoms with Gasteiger partial charge in [-0.1, -0.05) is 25.1 Å². The fraction of sp³-hybridized carbons (Fsp3) is 0.385. The Kier molecular flexibility index (Phi) is 4.65. The third-order valence-electron chi connectivity index (χ3n) is 6.93. The number of hydrogen-bond acceptors (Lipinski definition) is 4. The molecule has 3 aromatic rings. The number of carbonyl (C=O) groups is 2. The van der Waals surface area contributed by atoms with Crippen LogP contribution in [-0.2, 0) is 0 Å². The van der Waals surface area contributed by atoms with E-state index in [4.69, 9.17) is 9.15 Å². The molecule has 5 nitrogen and oxygen atoms in total. The van der Waals surface area contributed by atoms with E-state index in [0.29, 0.717) is 40.2 Å². The first-order chi connectivity index (χ1) is 14.9. The number of nitrogens with one attached hydrogen (secondary N) is 1. The van der Waals surface area contributed by atoms with E-state index in [2.05, 4.69) is 12.2 Å². The molecule has 1 amide bonds. The van der Waals surface area contributed by atoms with E-state index < -0.39 is 0 Å². The van der Waals surface area contributed by atoms with Crippen molar-refractivity contribution in [3.63, 3.8) is 0 Å². The second kappa shape index (κ2) is 7.26. The van der Waals surface area contributed by atoms with Gasteiger partial charge in [-0.2, -0.15) is 0 Å². The Morgan fingerprint density at radius 3 is 2.58 bits per heavy atom. The normalized spacial score (nSPS) is 22.9. The maximum Gasteiger partial charge on any atom is 0.291 e. The minimum absolute atomic E-state index is 0.0798. The number of aryl methyl sites for hydroxylation is 2. The molecule has 5 rings (SSSR count). The number of ketones is 1. The largest absolute Gasteiger partial charge is 0.486 e. The fourth-order valence-corrected chi connectivity index (χ4v) is 5.01. The Morgan fingerprint density at radius 2 is 1.84 bits per heavy atom. The lowest BCUT2D eigenvalue weighted by Crippen LogP contribution is -2.44. The van der Waals surface area contributed by atoms with Gasteiger partial charge < -0.3 is 14.5 Å². The van der Waals surface area contributed by atoms with Gasteiger partial charge in [0.2, 0.25) is 0 Å². The van der Waals surface area contributed by atoms with E-state index in [0.717, 1.165) is 36.9 Å². The molecule has 1 saturated carbocycles. The fourth-order valence-electron chi connectivity index (χ4n) is 5.01. The molecule has 1 aliphatic heterocycles. The molecule has 0 bridgehead atoms. The van der Waals surface area contributed by atoms with Crippen LogP contribution >= 0.6 is 0 Å². The van der Waals surface area contributed by atoms with Crippen molar-refractivity contribution >= 4 is 28.3 Å². The van der Waals surface area contributed by atoms with Gasteiger partial charge in [-0.25, -0.2) is 0 Å². The smallest absolute Gasteiger partial charge is 0.291 e. The molecule has 2 heterocycles. The summed E-state index contributed by atoms with van der Waals surface area (Å²) in [6.07, 6.45) is 4.37. The Morgan fingerprint density at radius 1 is 1.10 bits per heavy atom. The average Bonchev–Trinajstić information content (AvgIpc) is 3.09. The van der Waals surface area contributed by atoms with E-state index in [1.165, 1.54) is 0 Å². The third kappa shape index (κ3) is 3.32. The van der Waals surface area contributed by atoms with Gasteiger partial charge in [-0.05, 0) is 69.2 Å². The molecule has 2 aromatic carbocycles. The lowest BCUT2D eigenvalue weighted by atomic mass is 9.74. The lowest BCUT2D eigenvalue weighted by Gasteiger charge is -2.42. The minimum Gasteiger partial charge on any atom is -0.486 e. The molecule has 0 radical (unpaired) electrons. The SMILES string of the molecule is Cc1ccccc1NC(=O)c1oc2ccc3c(c2c1C)C(=O)CC1(CCC(C)CC1)O3. The van der Waals surface area contributed by atoms with Crippen molar-refractivity contribution in [2.24, 2.45) is 5.92 Å². The van der Waals surface area contributed by atoms with Crippen LogP contribution in [0.3, 0.4) is 0 Å². The minimum atomic E-state index is -0.382. The first-order valence-electron chi connectivity index (χ1n) is 11.0. The topological polar surface area (TPSA) is 68.5 Å². The predicted molar refractivity (Wildman–Crippen MR) is 120 cm³/mol. The predicted octanol–water partition coefficient (Wildman–Crippen LogP) is 6.22. The van der Waals surface area contributed by atoms with E-state index in [1.807, 2.05) is 50.2 Å². The number of hydrogen-bond donors (Lipinski definition) is 1. The van der Waals surface area contributed by atoms with Crippen LogP contribution in [0, 0.1) is 19.8 Å². The van der Waals surface area contributed by atoms with Crippen molar-refractivity contribution in [1.82, 2.24) is 0 Å². The maximum atomic E-state index is 13.3. The molecule has 2 aliphatic rings. The average molecular weight is 418 g/mol. The van der Waals surface area contributed by atoms with Gasteiger partial charge in [0.1, 0.15) is 16.9 Å². The van der Waals surface area contributed by atoms with Crippen LogP contribution in [0.1, 0.15) is 71.1 Å². The highest BCUT2D eigenvalue weighted by molar-refractivity contribution is 6.15. The van der Waals surface area contributed by atoms with Gasteiger partial charge in [0.05, 0.1) is 12.0 Å². The standard InChI is InChI=1S/C26H27NO4/c1-15-10-12-26(13-11-15)14-19(28)23-21(31-26)9-8-20-22(23)17(3)24(30-20)25(29)27-18-7-5-4-6-16(18)2/h4-9,15H,10-14H2,1-3H3,(H,27,29). The molecule has 1 aliphatic carbocycles. The molecular formula is C26H27NO4. The van der Waals surface area contributed by atoms with E-state index in [-0.39, 0.29) is 23.1 Å². The quantitative estimate of drug-likeness (QED) is 0.538. The van der Waals surface area contributed by atoms with E-state index in [9.17, 15) is 9.59 Å². The number of amides is 1. The van der Waals surface area contributed by atoms with Gasteiger partial charge >= 0.3 is 0 Å². The second-order valence-corrected chi connectivity index (χ2v) is 9.20. The summed E-state index contributed by atoms with van der Waals surface area (Å²) in [7, 11) is 0. The molecule has 160 valence electrons. The van der Waals surface area contributed by atoms with Gasteiger partial charge in [-0.15, -0.1) is 0 Å². The number of ether oxygens (including phenoxy) is 1. The summed E-state index contributed by atoms with van der Waals surface area (Å²) < 4.78 is 12.4. The summed E-state index contributed by atoms with van der Waals surface area (Å²) in [5.41, 5.74) is 3.09. The number of anilines is 1. The Labute approximate surface area is 181 Å². The van der Waals surface area contributed by atoms with Crippen molar-refractivity contribution in [2.75, 3.05) is 5.32 Å². The van der Waals surface area contributed by atoms with Crippen LogP contribution in [0.5, 0.6) is 5.75 Å². The Bertz CT molecular complexity index is 1200. The summed E-state index contributed by atoms with van der Waals surface area (Å²) in [6.45, 7) is 6.03. The van der Waals surface area contributed by atoms with Crippen molar-refractivity contribution in [2.45, 2.75) is 58.5 Å². The molecule has 0 atom stereocenters. The summed E-state index contributed by atoms with van der Waals surface area (Å²) in [5, 5.41) is 3.61. The van der Waals surface area contributed by atoms with Crippen LogP contribution in [0.15, 0.2) is 40.8 Å². The summed E-state index contributed by atoms with van der Waals surface area (Å²) in [5.74, 6) is 1.28.